The first kappa shape index (κ1) is 10.6. The summed E-state index contributed by atoms with van der Waals surface area (Å²) >= 11 is 0. The van der Waals surface area contributed by atoms with Crippen LogP contribution < -0.4 is 4.74 Å². The molecule has 1 N–H and O–H groups in total. The lowest BCUT2D eigenvalue weighted by atomic mass is 10.2. The molecule has 0 heterocycles. The molecular weight excluding hydrogens is 207 g/mol. The average Bonchev–Trinajstić information content (AvgIpc) is 2.33. The third-order valence-electron chi connectivity index (χ3n) is 2.17. The molecule has 0 aliphatic rings. The zero-order valence-corrected chi connectivity index (χ0v) is 8.56. The molecule has 0 saturated heterocycles. The first-order valence-electron chi connectivity index (χ1n) is 4.92. The highest BCUT2D eigenvalue weighted by Crippen LogP contribution is 2.24. The van der Waals surface area contributed by atoms with Gasteiger partial charge in [0.15, 0.2) is 11.6 Å². The summed E-state index contributed by atoms with van der Waals surface area (Å²) in [5.41, 5.74) is 0.792. The Morgan fingerprint density at radius 1 is 1.00 bits per heavy atom. The molecular formula is C13H11FO2. The SMILES string of the molecule is OCc1ccc(Oc2ccccc2F)cc1. The lowest BCUT2D eigenvalue weighted by molar-refractivity contribution is 0.281. The molecule has 0 radical (unpaired) electrons. The molecule has 0 aromatic heterocycles. The van der Waals surface area contributed by atoms with Crippen LogP contribution in [0.15, 0.2) is 48.5 Å². The van der Waals surface area contributed by atoms with Gasteiger partial charge in [-0.3, -0.25) is 0 Å². The summed E-state index contributed by atoms with van der Waals surface area (Å²) < 4.78 is 18.6. The Balaban J connectivity index is 2.18. The van der Waals surface area contributed by atoms with Crippen LogP contribution in [0.1, 0.15) is 5.56 Å². The van der Waals surface area contributed by atoms with Gasteiger partial charge in [0.25, 0.3) is 0 Å². The van der Waals surface area contributed by atoms with Crippen molar-refractivity contribution in [1.82, 2.24) is 0 Å². The summed E-state index contributed by atoms with van der Waals surface area (Å²) in [4.78, 5) is 0. The Kier molecular flexibility index (Phi) is 3.17. The Bertz CT molecular complexity index is 466. The van der Waals surface area contributed by atoms with Crippen molar-refractivity contribution in [3.63, 3.8) is 0 Å². The molecule has 0 atom stereocenters. The summed E-state index contributed by atoms with van der Waals surface area (Å²) in [5, 5.41) is 8.86. The predicted octanol–water partition coefficient (Wildman–Crippen LogP) is 3.11. The highest BCUT2D eigenvalue weighted by molar-refractivity contribution is 5.33. The van der Waals surface area contributed by atoms with Crippen LogP contribution in [0.5, 0.6) is 11.5 Å². The summed E-state index contributed by atoms with van der Waals surface area (Å²) in [5.74, 6) is 0.343. The second-order valence-corrected chi connectivity index (χ2v) is 3.33. The van der Waals surface area contributed by atoms with Gasteiger partial charge in [0.2, 0.25) is 0 Å². The summed E-state index contributed by atoms with van der Waals surface area (Å²) in [6.07, 6.45) is 0. The summed E-state index contributed by atoms with van der Waals surface area (Å²) in [6, 6.07) is 13.1. The molecule has 2 rings (SSSR count). The van der Waals surface area contributed by atoms with Crippen LogP contribution in [-0.4, -0.2) is 5.11 Å². The fraction of sp³-hybridized carbons (Fsp3) is 0.0769. The third kappa shape index (κ3) is 2.38. The number of halogens is 1. The van der Waals surface area contributed by atoms with Crippen LogP contribution in [0.3, 0.4) is 0 Å². The van der Waals surface area contributed by atoms with Crippen molar-refractivity contribution in [2.45, 2.75) is 6.61 Å². The molecule has 3 heteroatoms. The molecule has 2 aromatic rings. The number of aliphatic hydroxyl groups is 1. The lowest BCUT2D eigenvalue weighted by Crippen LogP contribution is -1.88. The summed E-state index contributed by atoms with van der Waals surface area (Å²) in [7, 11) is 0. The minimum atomic E-state index is -0.395. The Hall–Kier alpha value is -1.87. The summed E-state index contributed by atoms with van der Waals surface area (Å²) in [6.45, 7) is -0.0139. The topological polar surface area (TPSA) is 29.5 Å². The lowest BCUT2D eigenvalue weighted by Gasteiger charge is -2.06. The maximum Gasteiger partial charge on any atom is 0.165 e. The van der Waals surface area contributed by atoms with Crippen LogP contribution >= 0.6 is 0 Å². The molecule has 0 bridgehead atoms. The van der Waals surface area contributed by atoms with Gasteiger partial charge in [-0.15, -0.1) is 0 Å². The van der Waals surface area contributed by atoms with E-state index in [1.54, 1.807) is 42.5 Å². The van der Waals surface area contributed by atoms with Gasteiger partial charge in [-0.25, -0.2) is 4.39 Å². The smallest absolute Gasteiger partial charge is 0.165 e. The van der Waals surface area contributed by atoms with Gasteiger partial charge >= 0.3 is 0 Å². The van der Waals surface area contributed by atoms with E-state index >= 15 is 0 Å². The van der Waals surface area contributed by atoms with Gasteiger partial charge < -0.3 is 9.84 Å². The quantitative estimate of drug-likeness (QED) is 0.857. The second kappa shape index (κ2) is 4.77. The molecule has 2 aromatic carbocycles. The number of hydrogen-bond acceptors (Lipinski definition) is 2. The van der Waals surface area contributed by atoms with Crippen LogP contribution in [-0.2, 0) is 6.61 Å². The van der Waals surface area contributed by atoms with Crippen molar-refractivity contribution >= 4 is 0 Å². The van der Waals surface area contributed by atoms with Crippen molar-refractivity contribution in [2.75, 3.05) is 0 Å². The fourth-order valence-corrected chi connectivity index (χ4v) is 1.32. The van der Waals surface area contributed by atoms with E-state index in [9.17, 15) is 4.39 Å². The van der Waals surface area contributed by atoms with Crippen molar-refractivity contribution in [3.8, 4) is 11.5 Å². The third-order valence-corrected chi connectivity index (χ3v) is 2.17. The van der Waals surface area contributed by atoms with Gasteiger partial charge in [-0.2, -0.15) is 0 Å². The number of para-hydroxylation sites is 1. The van der Waals surface area contributed by atoms with E-state index in [0.717, 1.165) is 5.56 Å². The average molecular weight is 218 g/mol. The van der Waals surface area contributed by atoms with Gasteiger partial charge in [0, 0.05) is 0 Å². The number of benzene rings is 2. The van der Waals surface area contributed by atoms with Crippen molar-refractivity contribution in [2.24, 2.45) is 0 Å². The minimum Gasteiger partial charge on any atom is -0.454 e. The first-order valence-corrected chi connectivity index (χ1v) is 4.92. The van der Waals surface area contributed by atoms with E-state index in [0.29, 0.717) is 5.75 Å². The normalized spacial score (nSPS) is 10.1. The molecule has 0 spiro atoms. The molecule has 0 fully saturated rings. The highest BCUT2D eigenvalue weighted by Gasteiger charge is 2.02. The van der Waals surface area contributed by atoms with Gasteiger partial charge in [-0.05, 0) is 29.8 Å². The molecule has 0 amide bonds. The van der Waals surface area contributed by atoms with E-state index < -0.39 is 5.82 Å². The molecule has 0 aliphatic heterocycles. The van der Waals surface area contributed by atoms with Crippen molar-refractivity contribution in [1.29, 1.82) is 0 Å². The van der Waals surface area contributed by atoms with E-state index in [4.69, 9.17) is 9.84 Å². The first-order chi connectivity index (χ1) is 7.79. The number of hydrogen-bond donors (Lipinski definition) is 1. The largest absolute Gasteiger partial charge is 0.454 e. The van der Waals surface area contributed by atoms with Gasteiger partial charge in [0.1, 0.15) is 5.75 Å². The highest BCUT2D eigenvalue weighted by atomic mass is 19.1. The molecule has 0 saturated carbocycles. The number of ether oxygens (including phenoxy) is 1. The zero-order chi connectivity index (χ0) is 11.4. The standard InChI is InChI=1S/C13H11FO2/c14-12-3-1-2-4-13(12)16-11-7-5-10(9-15)6-8-11/h1-8,15H,9H2. The zero-order valence-electron chi connectivity index (χ0n) is 8.56. The molecule has 0 unspecified atom stereocenters. The number of aliphatic hydroxyl groups excluding tert-OH is 1. The fourth-order valence-electron chi connectivity index (χ4n) is 1.32. The van der Waals surface area contributed by atoms with Crippen LogP contribution in [0.25, 0.3) is 0 Å². The van der Waals surface area contributed by atoms with Gasteiger partial charge in [-0.1, -0.05) is 24.3 Å². The maximum absolute atomic E-state index is 13.3. The number of rotatable bonds is 3. The molecule has 0 aliphatic carbocycles. The van der Waals surface area contributed by atoms with E-state index in [2.05, 4.69) is 0 Å². The Morgan fingerprint density at radius 3 is 2.31 bits per heavy atom. The van der Waals surface area contributed by atoms with Crippen molar-refractivity contribution < 1.29 is 14.2 Å². The van der Waals surface area contributed by atoms with Crippen LogP contribution in [0.4, 0.5) is 4.39 Å². The molecule has 82 valence electrons. The van der Waals surface area contributed by atoms with Crippen molar-refractivity contribution in [3.05, 3.63) is 59.9 Å². The van der Waals surface area contributed by atoms with E-state index in [1.807, 2.05) is 0 Å². The molecule has 16 heavy (non-hydrogen) atoms. The van der Waals surface area contributed by atoms with Gasteiger partial charge in [0.05, 0.1) is 6.61 Å². The van der Waals surface area contributed by atoms with E-state index in [-0.39, 0.29) is 12.4 Å². The van der Waals surface area contributed by atoms with Crippen LogP contribution in [0.2, 0.25) is 0 Å². The maximum atomic E-state index is 13.3. The monoisotopic (exact) mass is 218 g/mol. The Labute approximate surface area is 92.9 Å². The second-order valence-electron chi connectivity index (χ2n) is 3.33. The molecule has 2 nitrogen and oxygen atoms in total. The predicted molar refractivity (Wildman–Crippen MR) is 58.8 cm³/mol. The Morgan fingerprint density at radius 2 is 1.69 bits per heavy atom. The van der Waals surface area contributed by atoms with E-state index in [1.165, 1.54) is 6.07 Å². The van der Waals surface area contributed by atoms with Crippen LogP contribution in [0, 0.1) is 5.82 Å². The minimum absolute atomic E-state index is 0.0139.